The lowest BCUT2D eigenvalue weighted by Crippen LogP contribution is -2.59. The second-order valence-electron chi connectivity index (χ2n) is 16.9. The number of methoxy groups -OCH3 is 1. The van der Waals surface area contributed by atoms with Gasteiger partial charge in [-0.3, -0.25) is 19.2 Å². The number of likely N-dealkylation sites (N-methyl/N-ethyl adjacent to an activating group) is 1. The first-order valence-corrected chi connectivity index (χ1v) is 21.0. The maximum Gasteiger partial charge on any atom is 0.317 e. The lowest BCUT2D eigenvalue weighted by molar-refractivity contribution is -0.295. The smallest absolute Gasteiger partial charge is 0.317 e. The molecule has 0 radical (unpaired) electrons. The monoisotopic (exact) mass is 848 g/mol. The van der Waals surface area contributed by atoms with Crippen LogP contribution in [0.3, 0.4) is 0 Å². The van der Waals surface area contributed by atoms with Crippen LogP contribution in [-0.4, -0.2) is 124 Å². The number of aliphatic hydroxyl groups is 1. The fraction of sp³-hybridized carbons (Fsp3) is 0.750. The predicted octanol–water partition coefficient (Wildman–Crippen LogP) is 3.46. The summed E-state index contributed by atoms with van der Waals surface area (Å²) in [4.78, 5) is 72.9. The number of hydrogen-bond acceptors (Lipinski definition) is 18. The summed E-state index contributed by atoms with van der Waals surface area (Å²) >= 11 is 1.43. The minimum atomic E-state index is -1.59. The first kappa shape index (κ1) is 46.2. The number of nitrogens with zero attached hydrogens (tertiary/aromatic N) is 5. The second kappa shape index (κ2) is 18.4. The Balaban J connectivity index is 1.49. The lowest BCUT2D eigenvalue weighted by atomic mass is 9.67. The largest absolute Gasteiger partial charge is 0.458 e. The summed E-state index contributed by atoms with van der Waals surface area (Å²) in [5.41, 5.74) is 4.10. The van der Waals surface area contributed by atoms with Crippen LogP contribution in [0.15, 0.2) is 15.1 Å². The van der Waals surface area contributed by atoms with Gasteiger partial charge in [-0.1, -0.05) is 38.0 Å². The van der Waals surface area contributed by atoms with Crippen LogP contribution in [0.25, 0.3) is 11.6 Å². The molecule has 5 rings (SSSR count). The van der Waals surface area contributed by atoms with E-state index in [0.717, 1.165) is 5.01 Å². The number of esters is 2. The Morgan fingerprint density at radius 2 is 1.76 bits per heavy atom. The molecule has 2 aromatic heterocycles. The minimum Gasteiger partial charge on any atom is -0.458 e. The number of aromatic nitrogens is 3. The predicted molar refractivity (Wildman–Crippen MR) is 212 cm³/mol. The molecule has 59 heavy (non-hydrogen) atoms. The molecule has 3 saturated heterocycles. The number of hydrogen-bond donors (Lipinski definition) is 2. The molecule has 0 saturated carbocycles. The van der Waals surface area contributed by atoms with E-state index in [1.54, 1.807) is 46.9 Å². The van der Waals surface area contributed by atoms with Crippen molar-refractivity contribution in [2.45, 2.75) is 136 Å². The first-order chi connectivity index (χ1) is 27.7. The standard InChI is InChI=1S/C40H60N6O12S/c1-13-26-40(9)29(28(37(51)57-40)34(41)45-53-16-27-43-35(58-44-27)24-17-59-23(7)42-24)20(4)30(47)18(2)15-39(8,52-12)33(21(5)31(48)22(6)36(50)55-26)56-38-32(49)25(46(10)11)14-19(3)54-38/h17-22,25-26,28-29,32-33,38,49H,13-16H2,1-12H3,(H2,41,45)/t18-,19?,20-,21+,22-,25?,26-,28?,29?,32?,33-,38?,39+,40-/m1/s1. The third-order valence-corrected chi connectivity index (χ3v) is 13.1. The number of nitrogens with two attached hydrogens (primary N) is 1. The van der Waals surface area contributed by atoms with E-state index in [9.17, 15) is 24.3 Å². The van der Waals surface area contributed by atoms with Crippen LogP contribution in [0.1, 0.15) is 85.5 Å². The van der Waals surface area contributed by atoms with Crippen LogP contribution in [0.5, 0.6) is 0 Å². The fourth-order valence-corrected chi connectivity index (χ4v) is 9.63. The highest BCUT2D eigenvalue weighted by Gasteiger charge is 2.62. The molecule has 3 aliphatic rings. The van der Waals surface area contributed by atoms with Crippen molar-refractivity contribution < 1.29 is 57.3 Å². The number of Topliss-reactive ketones (excluding diaryl/α,β-unsaturated/α-hetero) is 2. The van der Waals surface area contributed by atoms with E-state index in [2.05, 4.69) is 20.3 Å². The number of ketones is 2. The van der Waals surface area contributed by atoms with Crippen molar-refractivity contribution in [3.05, 3.63) is 16.2 Å². The Morgan fingerprint density at radius 3 is 2.37 bits per heavy atom. The first-order valence-electron chi connectivity index (χ1n) is 20.1. The lowest BCUT2D eigenvalue weighted by Gasteiger charge is -2.47. The van der Waals surface area contributed by atoms with E-state index in [1.165, 1.54) is 25.4 Å². The molecule has 3 N–H and O–H groups in total. The SMILES string of the molecule is CC[C@H]1OC(=O)[C@H](C)C(=O)[C@H](C)[C@@H](OC2OC(C)CC(N(C)C)C2O)[C@@](C)(OC)C[C@@H](C)C(=O)[C@H](C)C2C(/C(N)=N\OCc3noc(-c4csc(C)n4)n3)C(=O)O[C@@]21C. The number of aryl methyl sites for hydroxylation is 1. The molecule has 0 bridgehead atoms. The number of aliphatic hydroxyl groups excluding tert-OH is 1. The molecule has 328 valence electrons. The Hall–Kier alpha value is -3.88. The van der Waals surface area contributed by atoms with Gasteiger partial charge in [0, 0.05) is 42.2 Å². The Bertz CT molecular complexity index is 1870. The van der Waals surface area contributed by atoms with E-state index < -0.39 is 89.0 Å². The van der Waals surface area contributed by atoms with Crippen LogP contribution in [0.2, 0.25) is 0 Å². The van der Waals surface area contributed by atoms with Crippen molar-refractivity contribution >= 4 is 40.7 Å². The van der Waals surface area contributed by atoms with Gasteiger partial charge in [0.05, 0.1) is 22.8 Å². The van der Waals surface area contributed by atoms with Crippen LogP contribution in [0, 0.1) is 42.4 Å². The van der Waals surface area contributed by atoms with Crippen molar-refractivity contribution in [1.29, 1.82) is 0 Å². The Kier molecular flexibility index (Phi) is 14.4. The third kappa shape index (κ3) is 9.39. The van der Waals surface area contributed by atoms with Crippen LogP contribution >= 0.6 is 11.3 Å². The molecule has 2 aromatic rings. The normalized spacial score (nSPS) is 37.8. The molecule has 0 aliphatic carbocycles. The van der Waals surface area contributed by atoms with Crippen LogP contribution in [-0.2, 0) is 54.3 Å². The average molecular weight is 849 g/mol. The quantitative estimate of drug-likeness (QED) is 0.114. The highest BCUT2D eigenvalue weighted by atomic mass is 32.1. The summed E-state index contributed by atoms with van der Waals surface area (Å²) in [7, 11) is 5.15. The van der Waals surface area contributed by atoms with E-state index in [4.69, 9.17) is 38.8 Å². The number of carbonyl (C=O) groups is 4. The van der Waals surface area contributed by atoms with Crippen molar-refractivity contribution in [2.75, 3.05) is 21.2 Å². The number of amidine groups is 1. The molecule has 3 aliphatic heterocycles. The molecule has 6 unspecified atom stereocenters. The molecule has 3 fully saturated rings. The maximum absolute atomic E-state index is 14.7. The Morgan fingerprint density at radius 1 is 1.07 bits per heavy atom. The topological polar surface area (TPSA) is 237 Å². The van der Waals surface area contributed by atoms with Gasteiger partial charge in [0.15, 0.2) is 30.1 Å². The van der Waals surface area contributed by atoms with Gasteiger partial charge in [-0.05, 0) is 68.0 Å². The van der Waals surface area contributed by atoms with Gasteiger partial charge in [0.2, 0.25) is 5.82 Å². The van der Waals surface area contributed by atoms with Crippen molar-refractivity contribution in [1.82, 2.24) is 20.0 Å². The van der Waals surface area contributed by atoms with Crippen molar-refractivity contribution in [2.24, 2.45) is 46.4 Å². The summed E-state index contributed by atoms with van der Waals surface area (Å²) in [5, 5.41) is 22.0. The summed E-state index contributed by atoms with van der Waals surface area (Å²) in [5.74, 6) is -8.67. The molecular formula is C40H60N6O12S. The number of cyclic esters (lactones) is 1. The molecule has 0 amide bonds. The highest BCUT2D eigenvalue weighted by Crippen LogP contribution is 2.48. The van der Waals surface area contributed by atoms with E-state index in [1.807, 2.05) is 32.8 Å². The van der Waals surface area contributed by atoms with Crippen LogP contribution in [0.4, 0.5) is 0 Å². The molecule has 14 atom stereocenters. The third-order valence-electron chi connectivity index (χ3n) is 12.3. The molecular weight excluding hydrogens is 789 g/mol. The number of ether oxygens (including phenoxy) is 5. The summed E-state index contributed by atoms with van der Waals surface area (Å²) in [6.45, 7) is 15.0. The second-order valence-corrected chi connectivity index (χ2v) is 17.9. The number of fused-ring (bicyclic) bond motifs is 1. The van der Waals surface area contributed by atoms with E-state index >= 15 is 0 Å². The molecule has 0 spiro atoms. The van der Waals surface area contributed by atoms with Crippen molar-refractivity contribution in [3.8, 4) is 11.6 Å². The Labute approximate surface area is 348 Å². The zero-order valence-electron chi connectivity index (χ0n) is 36.0. The average Bonchev–Trinajstić information content (AvgIpc) is 3.91. The molecule has 5 heterocycles. The number of carbonyl (C=O) groups excluding carboxylic acids is 4. The van der Waals surface area contributed by atoms with Gasteiger partial charge in [-0.25, -0.2) is 4.98 Å². The van der Waals surface area contributed by atoms with Gasteiger partial charge in [0.1, 0.15) is 35.5 Å². The fourth-order valence-electron chi connectivity index (χ4n) is 9.04. The summed E-state index contributed by atoms with van der Waals surface area (Å²) < 4.78 is 36.3. The zero-order chi connectivity index (χ0) is 43.7. The molecule has 19 heteroatoms. The number of oxime groups is 1. The zero-order valence-corrected chi connectivity index (χ0v) is 36.8. The van der Waals surface area contributed by atoms with Crippen molar-refractivity contribution in [3.63, 3.8) is 0 Å². The summed E-state index contributed by atoms with van der Waals surface area (Å²) in [6.07, 6.45) is -3.99. The van der Waals surface area contributed by atoms with Gasteiger partial charge < -0.3 is 48.8 Å². The van der Waals surface area contributed by atoms with Gasteiger partial charge in [-0.2, -0.15) is 4.98 Å². The number of thiazole rings is 1. The summed E-state index contributed by atoms with van der Waals surface area (Å²) in [6, 6.07) is -0.312. The minimum absolute atomic E-state index is 0.0449. The van der Waals surface area contributed by atoms with E-state index in [0.29, 0.717) is 12.1 Å². The van der Waals surface area contributed by atoms with E-state index in [-0.39, 0.29) is 54.9 Å². The van der Waals surface area contributed by atoms with Crippen LogP contribution < -0.4 is 5.73 Å². The molecule has 18 nitrogen and oxygen atoms in total. The van der Waals surface area contributed by atoms with Gasteiger partial charge in [-0.15, -0.1) is 11.3 Å². The van der Waals surface area contributed by atoms with Gasteiger partial charge >= 0.3 is 11.9 Å². The maximum atomic E-state index is 14.7. The van der Waals surface area contributed by atoms with Gasteiger partial charge in [0.25, 0.3) is 5.89 Å². The number of rotatable bonds is 10. The molecule has 0 aromatic carbocycles. The highest BCUT2D eigenvalue weighted by molar-refractivity contribution is 7.09.